The van der Waals surface area contributed by atoms with Crippen LogP contribution in [0, 0.1) is 5.92 Å². The van der Waals surface area contributed by atoms with E-state index in [4.69, 9.17) is 31.2 Å². The fourth-order valence-corrected chi connectivity index (χ4v) is 8.85. The van der Waals surface area contributed by atoms with Crippen LogP contribution in [0.1, 0.15) is 37.3 Å². The first kappa shape index (κ1) is 38.6. The molecule has 7 heterocycles. The molecule has 3 amide bonds. The van der Waals surface area contributed by atoms with Crippen molar-refractivity contribution in [2.75, 3.05) is 81.2 Å². The number of imide groups is 1. The van der Waals surface area contributed by atoms with Gasteiger partial charge in [0.15, 0.2) is 18.2 Å². The number of hydrogen-bond acceptors (Lipinski definition) is 13. The Morgan fingerprint density at radius 2 is 1.81 bits per heavy atom. The molecule has 0 aliphatic carbocycles. The summed E-state index contributed by atoms with van der Waals surface area (Å²) in [7, 11) is 3.42. The van der Waals surface area contributed by atoms with E-state index in [0.717, 1.165) is 80.9 Å². The van der Waals surface area contributed by atoms with E-state index in [1.807, 2.05) is 23.9 Å². The van der Waals surface area contributed by atoms with Gasteiger partial charge in [-0.1, -0.05) is 11.6 Å². The quantitative estimate of drug-likeness (QED) is 0.175. The van der Waals surface area contributed by atoms with Gasteiger partial charge in [-0.25, -0.2) is 4.98 Å². The van der Waals surface area contributed by atoms with Crippen molar-refractivity contribution in [3.05, 3.63) is 63.7 Å². The van der Waals surface area contributed by atoms with Crippen LogP contribution in [0.25, 0.3) is 21.8 Å². The predicted molar refractivity (Wildman–Crippen MR) is 223 cm³/mol. The average molecular weight is 824 g/mol. The van der Waals surface area contributed by atoms with E-state index in [1.54, 1.807) is 16.8 Å². The van der Waals surface area contributed by atoms with Crippen molar-refractivity contribution in [2.24, 2.45) is 13.0 Å². The van der Waals surface area contributed by atoms with E-state index in [1.165, 1.54) is 7.05 Å². The Morgan fingerprint density at radius 1 is 1.00 bits per heavy atom. The van der Waals surface area contributed by atoms with Crippen molar-refractivity contribution in [3.8, 4) is 11.5 Å². The first-order valence-corrected chi connectivity index (χ1v) is 20.5. The van der Waals surface area contributed by atoms with Gasteiger partial charge in [0.05, 0.1) is 35.4 Å². The Kier molecular flexibility index (Phi) is 10.5. The summed E-state index contributed by atoms with van der Waals surface area (Å²) in [5.74, 6) is 1.04. The maximum absolute atomic E-state index is 13.2. The van der Waals surface area contributed by atoms with Gasteiger partial charge in [-0.3, -0.25) is 38.6 Å². The maximum Gasteiger partial charge on any atom is 0.293 e. The number of halogens is 1. The Bertz CT molecular complexity index is 2530. The summed E-state index contributed by atoms with van der Waals surface area (Å²) < 4.78 is 15.0. The van der Waals surface area contributed by atoms with Gasteiger partial charge in [0.1, 0.15) is 17.4 Å². The monoisotopic (exact) mass is 823 g/mol. The fraction of sp³-hybridized carbons (Fsp3) is 0.439. The topological polar surface area (TPSA) is 181 Å². The molecule has 3 N–H and O–H groups in total. The van der Waals surface area contributed by atoms with Gasteiger partial charge >= 0.3 is 0 Å². The van der Waals surface area contributed by atoms with E-state index < -0.39 is 5.92 Å². The molecule has 0 radical (unpaired) electrons. The van der Waals surface area contributed by atoms with E-state index in [9.17, 15) is 19.2 Å². The average Bonchev–Trinajstić information content (AvgIpc) is 3.57. The van der Waals surface area contributed by atoms with Crippen molar-refractivity contribution >= 4 is 74.3 Å². The molecule has 4 aliphatic rings. The fourth-order valence-electron chi connectivity index (χ4n) is 8.71. The Hall–Kier alpha value is -5.94. The molecule has 3 fully saturated rings. The lowest BCUT2D eigenvalue weighted by Crippen LogP contribution is -2.49. The molecular weight excluding hydrogens is 778 g/mol. The number of carbonyl (C=O) groups is 3. The van der Waals surface area contributed by atoms with E-state index >= 15 is 0 Å². The number of ether oxygens (including phenoxy) is 2. The van der Waals surface area contributed by atoms with E-state index in [-0.39, 0.29) is 35.6 Å². The minimum absolute atomic E-state index is 0.0848. The highest BCUT2D eigenvalue weighted by molar-refractivity contribution is 6.33. The number of pyridine rings is 1. The minimum atomic E-state index is -0.415. The van der Waals surface area contributed by atoms with Crippen molar-refractivity contribution in [3.63, 3.8) is 0 Å². The zero-order chi connectivity index (χ0) is 40.8. The molecule has 0 bridgehead atoms. The molecule has 0 spiro atoms. The number of nitrogens with one attached hydrogen (secondary N) is 3. The Morgan fingerprint density at radius 3 is 2.59 bits per heavy atom. The van der Waals surface area contributed by atoms with Crippen molar-refractivity contribution in [1.82, 2.24) is 39.8 Å². The lowest BCUT2D eigenvalue weighted by atomic mass is 9.92. The second kappa shape index (κ2) is 16.0. The molecule has 1 atom stereocenters. The first-order valence-electron chi connectivity index (χ1n) is 20.1. The summed E-state index contributed by atoms with van der Waals surface area (Å²) in [6.45, 7) is 6.78. The lowest BCUT2D eigenvalue weighted by molar-refractivity contribution is -0.134. The molecule has 5 aromatic rings. The second-order valence-corrected chi connectivity index (χ2v) is 16.0. The molecule has 308 valence electrons. The summed E-state index contributed by atoms with van der Waals surface area (Å²) >= 11 is 6.62. The number of aromatic nitrogens is 5. The number of fused-ring (bicyclic) bond motifs is 1. The third kappa shape index (κ3) is 7.71. The van der Waals surface area contributed by atoms with Crippen molar-refractivity contribution in [2.45, 2.75) is 38.1 Å². The molecule has 3 saturated heterocycles. The van der Waals surface area contributed by atoms with Gasteiger partial charge in [0.2, 0.25) is 17.8 Å². The molecule has 3 aromatic heterocycles. The van der Waals surface area contributed by atoms with Gasteiger partial charge in [-0.05, 0) is 55.5 Å². The number of piperazine rings is 1. The largest absolute Gasteiger partial charge is 0.489 e. The Balaban J connectivity index is 0.805. The van der Waals surface area contributed by atoms with Crippen LogP contribution in [0.4, 0.5) is 23.1 Å². The number of likely N-dealkylation sites (N-methyl/N-ethyl adjacent to an activating group) is 1. The lowest BCUT2D eigenvalue weighted by Gasteiger charge is -2.39. The van der Waals surface area contributed by atoms with E-state index in [0.29, 0.717) is 71.0 Å². The van der Waals surface area contributed by atoms with Crippen molar-refractivity contribution in [1.29, 1.82) is 0 Å². The molecule has 59 heavy (non-hydrogen) atoms. The van der Waals surface area contributed by atoms with Crippen LogP contribution in [0.3, 0.4) is 0 Å². The first-order chi connectivity index (χ1) is 28.6. The number of rotatable bonds is 10. The molecule has 2 aromatic carbocycles. The van der Waals surface area contributed by atoms with Gasteiger partial charge in [-0.2, -0.15) is 10.1 Å². The highest BCUT2D eigenvalue weighted by atomic mass is 35.5. The van der Waals surface area contributed by atoms with Gasteiger partial charge in [0.25, 0.3) is 11.5 Å². The Labute approximate surface area is 344 Å². The number of hydrogen-bond donors (Lipinski definition) is 3. The number of amides is 3. The summed E-state index contributed by atoms with van der Waals surface area (Å²) in [4.78, 5) is 65.8. The highest BCUT2D eigenvalue weighted by Gasteiger charge is 2.32. The van der Waals surface area contributed by atoms with Crippen LogP contribution in [0.15, 0.2) is 47.4 Å². The number of aryl methyl sites for hydroxylation is 1. The molecule has 17 nitrogen and oxygen atoms in total. The van der Waals surface area contributed by atoms with Gasteiger partial charge in [-0.15, -0.1) is 0 Å². The minimum Gasteiger partial charge on any atom is -0.489 e. The van der Waals surface area contributed by atoms with Crippen molar-refractivity contribution < 1.29 is 23.9 Å². The molecule has 1 unspecified atom stereocenters. The van der Waals surface area contributed by atoms with Gasteiger partial charge in [0, 0.05) is 94.5 Å². The third-order valence-electron chi connectivity index (χ3n) is 11.9. The third-order valence-corrected chi connectivity index (χ3v) is 12.2. The number of benzene rings is 2. The van der Waals surface area contributed by atoms with Crippen LogP contribution < -0.4 is 40.8 Å². The number of carbonyl (C=O) groups excluding carboxylic acids is 3. The SMILES string of the molecule is CNC(=O)COc1cc2cc(Nc3nc(N4CCN(CC5CCN(c6ccc7c(C8CCC(=O)NC8=O)nn(C)c7c6)CC5)CC4)ncc3Cl)cc3c2n(c1=O)CCO3. The molecule has 9 rings (SSSR count). The normalized spacial score (nSPS) is 18.9. The van der Waals surface area contributed by atoms with Crippen LogP contribution in [-0.2, 0) is 28.0 Å². The summed E-state index contributed by atoms with van der Waals surface area (Å²) in [6, 6.07) is 11.7. The summed E-state index contributed by atoms with van der Waals surface area (Å²) in [5, 5.41) is 15.0. The number of anilines is 4. The van der Waals surface area contributed by atoms with Gasteiger partial charge < -0.3 is 29.9 Å². The van der Waals surface area contributed by atoms with Crippen LogP contribution in [0.5, 0.6) is 11.5 Å². The second-order valence-electron chi connectivity index (χ2n) is 15.6. The molecule has 0 saturated carbocycles. The maximum atomic E-state index is 13.2. The molecule has 4 aliphatic heterocycles. The zero-order valence-electron chi connectivity index (χ0n) is 33.0. The van der Waals surface area contributed by atoms with Crippen LogP contribution in [-0.4, -0.2) is 113 Å². The summed E-state index contributed by atoms with van der Waals surface area (Å²) in [5.41, 5.74) is 3.88. The smallest absolute Gasteiger partial charge is 0.293 e. The predicted octanol–water partition coefficient (Wildman–Crippen LogP) is 3.15. The number of piperidine rings is 2. The summed E-state index contributed by atoms with van der Waals surface area (Å²) in [6.07, 6.45) is 4.62. The standard InChI is InChI=1S/C41H46ClN11O6/c1-43-35(55)23-59-33-18-25-17-26(19-32-37(25)53(40(33)57)15-16-58-32)45-38-30(42)21-44-41(47-38)52-13-11-50(12-14-52)22-24-7-9-51(10-8-24)27-3-4-28-31(20-27)49(2)48-36(28)29-5-6-34(54)46-39(29)56/h3-4,17-21,24,29H,5-16,22-23H2,1-2H3,(H,43,55)(H,44,45,47)(H,46,54,56). The van der Waals surface area contributed by atoms with E-state index in [2.05, 4.69) is 53.8 Å². The highest BCUT2D eigenvalue weighted by Crippen LogP contribution is 2.36. The number of nitrogens with zero attached hydrogens (tertiary/aromatic N) is 8. The van der Waals surface area contributed by atoms with Crippen LogP contribution >= 0.6 is 11.6 Å². The molecular formula is C41H46ClN11O6. The molecule has 18 heteroatoms. The van der Waals surface area contributed by atoms with Crippen LogP contribution in [0.2, 0.25) is 5.02 Å². The zero-order valence-corrected chi connectivity index (χ0v) is 33.8.